The second-order valence-corrected chi connectivity index (χ2v) is 5.74. The van der Waals surface area contributed by atoms with Crippen LogP contribution in [0.1, 0.15) is 18.4 Å². The van der Waals surface area contributed by atoms with E-state index in [0.717, 1.165) is 18.4 Å². The van der Waals surface area contributed by atoms with Crippen LogP contribution in [0.25, 0.3) is 0 Å². The zero-order chi connectivity index (χ0) is 11.1. The molecule has 0 bridgehead atoms. The van der Waals surface area contributed by atoms with Crippen molar-refractivity contribution in [3.05, 3.63) is 17.8 Å². The van der Waals surface area contributed by atoms with Crippen molar-refractivity contribution in [2.45, 2.75) is 25.0 Å². The lowest BCUT2D eigenvalue weighted by Gasteiger charge is -2.08. The number of hydrogen-bond donors (Lipinski definition) is 2. The van der Waals surface area contributed by atoms with Gasteiger partial charge in [0, 0.05) is 0 Å². The van der Waals surface area contributed by atoms with Gasteiger partial charge < -0.3 is 5.73 Å². The summed E-state index contributed by atoms with van der Waals surface area (Å²) in [6.07, 6.45) is 2.92. The minimum atomic E-state index is -3.23. The van der Waals surface area contributed by atoms with Gasteiger partial charge in [0.15, 0.2) is 0 Å². The fourth-order valence-electron chi connectivity index (χ4n) is 1.30. The molecule has 0 spiro atoms. The van der Waals surface area contributed by atoms with Gasteiger partial charge in [-0.3, -0.25) is 4.72 Å². The first-order chi connectivity index (χ1) is 6.99. The van der Waals surface area contributed by atoms with E-state index < -0.39 is 10.0 Å². The van der Waals surface area contributed by atoms with Gasteiger partial charge in [-0.1, -0.05) is 0 Å². The van der Waals surface area contributed by atoms with E-state index in [1.807, 2.05) is 0 Å². The van der Waals surface area contributed by atoms with Crippen molar-refractivity contribution in [3.63, 3.8) is 0 Å². The quantitative estimate of drug-likeness (QED) is 0.802. The lowest BCUT2D eigenvalue weighted by Crippen LogP contribution is -2.18. The molecule has 0 unspecified atom stereocenters. The van der Waals surface area contributed by atoms with Crippen LogP contribution < -0.4 is 10.5 Å². The Hall–Kier alpha value is -1.30. The molecule has 0 atom stereocenters. The molecule has 1 heterocycles. The van der Waals surface area contributed by atoms with Crippen molar-refractivity contribution in [1.82, 2.24) is 4.98 Å². The summed E-state index contributed by atoms with van der Waals surface area (Å²) in [4.78, 5) is 3.96. The zero-order valence-corrected chi connectivity index (χ0v) is 9.21. The number of nitrogens with zero attached hydrogens (tertiary/aromatic N) is 1. The van der Waals surface area contributed by atoms with Crippen molar-refractivity contribution >= 4 is 21.5 Å². The first-order valence-corrected chi connectivity index (χ1v) is 6.27. The fourth-order valence-corrected chi connectivity index (χ4v) is 2.71. The molecule has 3 N–H and O–H groups in total. The lowest BCUT2D eigenvalue weighted by atomic mass is 10.3. The number of aromatic nitrogens is 1. The van der Waals surface area contributed by atoms with Crippen LogP contribution in [0.5, 0.6) is 0 Å². The molecule has 1 aromatic rings. The minimum Gasteiger partial charge on any atom is -0.397 e. The van der Waals surface area contributed by atoms with E-state index in [1.165, 1.54) is 6.20 Å². The smallest absolute Gasteiger partial charge is 0.236 e. The number of rotatable bonds is 3. The number of hydrogen-bond acceptors (Lipinski definition) is 4. The highest BCUT2D eigenvalue weighted by Gasteiger charge is 2.36. The van der Waals surface area contributed by atoms with E-state index in [2.05, 4.69) is 9.71 Å². The number of nitrogens with two attached hydrogens (primary N) is 1. The Kier molecular flexibility index (Phi) is 2.30. The molecular formula is C9H13N3O2S. The molecule has 6 heteroatoms. The van der Waals surface area contributed by atoms with Gasteiger partial charge in [0.25, 0.3) is 0 Å². The lowest BCUT2D eigenvalue weighted by molar-refractivity contribution is 0.599. The number of pyridine rings is 1. The Labute approximate surface area is 88.8 Å². The van der Waals surface area contributed by atoms with E-state index in [1.54, 1.807) is 13.0 Å². The monoisotopic (exact) mass is 227 g/mol. The minimum absolute atomic E-state index is 0.240. The first-order valence-electron chi connectivity index (χ1n) is 4.73. The second kappa shape index (κ2) is 3.37. The Balaban J connectivity index is 2.24. The molecule has 0 aromatic carbocycles. The normalized spacial score (nSPS) is 16.3. The number of aryl methyl sites for hydroxylation is 1. The predicted molar refractivity (Wildman–Crippen MR) is 59.0 cm³/mol. The topological polar surface area (TPSA) is 85.1 Å². The molecule has 0 amide bonds. The molecule has 0 aliphatic heterocycles. The molecule has 1 saturated carbocycles. The van der Waals surface area contributed by atoms with Crippen LogP contribution in [0.3, 0.4) is 0 Å². The summed E-state index contributed by atoms with van der Waals surface area (Å²) in [6, 6.07) is 1.69. The van der Waals surface area contributed by atoms with E-state index >= 15 is 0 Å². The summed E-state index contributed by atoms with van der Waals surface area (Å²) in [5.41, 5.74) is 6.79. The third-order valence-corrected chi connectivity index (χ3v) is 4.13. The molecule has 0 radical (unpaired) electrons. The maximum Gasteiger partial charge on any atom is 0.236 e. The summed E-state index contributed by atoms with van der Waals surface area (Å²) in [6.45, 7) is 1.77. The van der Waals surface area contributed by atoms with Crippen LogP contribution in [0.2, 0.25) is 0 Å². The van der Waals surface area contributed by atoms with Crippen molar-refractivity contribution in [2.75, 3.05) is 10.5 Å². The molecular weight excluding hydrogens is 214 g/mol. The van der Waals surface area contributed by atoms with E-state index in [0.29, 0.717) is 11.5 Å². The van der Waals surface area contributed by atoms with Crippen molar-refractivity contribution in [3.8, 4) is 0 Å². The SMILES string of the molecule is Cc1cc(N)cnc1NS(=O)(=O)C1CC1. The van der Waals surface area contributed by atoms with Crippen molar-refractivity contribution in [1.29, 1.82) is 0 Å². The maximum atomic E-state index is 11.6. The summed E-state index contributed by atoms with van der Waals surface area (Å²) in [7, 11) is -3.23. The van der Waals surface area contributed by atoms with Gasteiger partial charge in [0.2, 0.25) is 10.0 Å². The highest BCUT2D eigenvalue weighted by Crippen LogP contribution is 2.30. The third-order valence-electron chi connectivity index (χ3n) is 2.30. The molecule has 1 fully saturated rings. The highest BCUT2D eigenvalue weighted by molar-refractivity contribution is 7.93. The molecule has 82 valence electrons. The first kappa shape index (κ1) is 10.2. The van der Waals surface area contributed by atoms with E-state index in [-0.39, 0.29) is 5.25 Å². The average Bonchev–Trinajstić information content (AvgIpc) is 2.92. The van der Waals surface area contributed by atoms with E-state index in [9.17, 15) is 8.42 Å². The van der Waals surface area contributed by atoms with Crippen LogP contribution in [0.4, 0.5) is 11.5 Å². The van der Waals surface area contributed by atoms with Gasteiger partial charge in [0.1, 0.15) is 5.82 Å². The van der Waals surface area contributed by atoms with Crippen LogP contribution in [0, 0.1) is 6.92 Å². The van der Waals surface area contributed by atoms with Gasteiger partial charge in [0.05, 0.1) is 17.1 Å². The number of nitrogens with one attached hydrogen (secondary N) is 1. The van der Waals surface area contributed by atoms with Crippen LogP contribution in [-0.2, 0) is 10.0 Å². The van der Waals surface area contributed by atoms with Gasteiger partial charge in [-0.05, 0) is 31.4 Å². The zero-order valence-electron chi connectivity index (χ0n) is 8.40. The molecule has 2 rings (SSSR count). The van der Waals surface area contributed by atoms with Gasteiger partial charge in [-0.2, -0.15) is 0 Å². The maximum absolute atomic E-state index is 11.6. The van der Waals surface area contributed by atoms with Crippen LogP contribution in [0.15, 0.2) is 12.3 Å². The van der Waals surface area contributed by atoms with Gasteiger partial charge in [-0.25, -0.2) is 13.4 Å². The Morgan fingerprint density at radius 3 is 2.73 bits per heavy atom. The molecule has 5 nitrogen and oxygen atoms in total. The summed E-state index contributed by atoms with van der Waals surface area (Å²) in [5, 5.41) is -0.240. The number of sulfonamides is 1. The standard InChI is InChI=1S/C9H13N3O2S/c1-6-4-7(10)5-11-9(6)12-15(13,14)8-2-3-8/h4-5,8H,2-3,10H2,1H3,(H,11,12). The second-order valence-electron chi connectivity index (χ2n) is 3.78. The van der Waals surface area contributed by atoms with Gasteiger partial charge in [-0.15, -0.1) is 0 Å². The molecule has 15 heavy (non-hydrogen) atoms. The molecule has 0 saturated heterocycles. The molecule has 1 aliphatic rings. The van der Waals surface area contributed by atoms with Crippen LogP contribution in [-0.4, -0.2) is 18.7 Å². The number of anilines is 2. The van der Waals surface area contributed by atoms with E-state index in [4.69, 9.17) is 5.73 Å². The Morgan fingerprint density at radius 2 is 2.20 bits per heavy atom. The molecule has 1 aromatic heterocycles. The van der Waals surface area contributed by atoms with Gasteiger partial charge >= 0.3 is 0 Å². The predicted octanol–water partition coefficient (Wildman–Crippen LogP) is 0.876. The summed E-state index contributed by atoms with van der Waals surface area (Å²) >= 11 is 0. The summed E-state index contributed by atoms with van der Waals surface area (Å²) in [5.74, 6) is 0.371. The Morgan fingerprint density at radius 1 is 1.53 bits per heavy atom. The largest absolute Gasteiger partial charge is 0.397 e. The highest BCUT2D eigenvalue weighted by atomic mass is 32.2. The van der Waals surface area contributed by atoms with Crippen molar-refractivity contribution in [2.24, 2.45) is 0 Å². The third kappa shape index (κ3) is 2.20. The summed E-state index contributed by atoms with van der Waals surface area (Å²) < 4.78 is 25.7. The van der Waals surface area contributed by atoms with Crippen LogP contribution >= 0.6 is 0 Å². The average molecular weight is 227 g/mol. The molecule has 1 aliphatic carbocycles. The Bertz CT molecular complexity index is 480. The van der Waals surface area contributed by atoms with Crippen molar-refractivity contribution < 1.29 is 8.42 Å². The fraction of sp³-hybridized carbons (Fsp3) is 0.444. The number of nitrogen functional groups attached to an aromatic ring is 1.